The smallest absolute Gasteiger partial charge is 0.265 e. The quantitative estimate of drug-likeness (QED) is 0.298. The van der Waals surface area contributed by atoms with Gasteiger partial charge in [0.15, 0.2) is 11.6 Å². The van der Waals surface area contributed by atoms with E-state index in [4.69, 9.17) is 0 Å². The first-order valence-corrected chi connectivity index (χ1v) is 7.68. The average molecular weight is 394 g/mol. The number of carbonyl (C=O) groups is 5. The Balaban J connectivity index is 2.09. The summed E-state index contributed by atoms with van der Waals surface area (Å²) >= 11 is 0. The van der Waals surface area contributed by atoms with Crippen LogP contribution in [0.5, 0.6) is 0 Å². The first-order chi connectivity index (χ1) is 13.1. The second kappa shape index (κ2) is 8.47. The molecule has 2 aromatic carbocycles. The predicted molar refractivity (Wildman–Crippen MR) is 85.6 cm³/mol. The van der Waals surface area contributed by atoms with Gasteiger partial charge in [-0.2, -0.15) is 0 Å². The van der Waals surface area contributed by atoms with Crippen molar-refractivity contribution in [1.82, 2.24) is 0 Å². The van der Waals surface area contributed by atoms with Crippen LogP contribution in [0.3, 0.4) is 0 Å². The largest absolute Gasteiger partial charge is 0.293 e. The number of ketones is 5. The van der Waals surface area contributed by atoms with Gasteiger partial charge < -0.3 is 0 Å². The molecule has 0 amide bonds. The lowest BCUT2D eigenvalue weighted by atomic mass is 9.98. The number of hydrogen-bond donors (Lipinski definition) is 0. The summed E-state index contributed by atoms with van der Waals surface area (Å²) in [6.07, 6.45) is -2.63. The topological polar surface area (TPSA) is 85.3 Å². The number of carbonyl (C=O) groups excluding carboxylic acids is 5. The average Bonchev–Trinajstić information content (AvgIpc) is 2.60. The Hall–Kier alpha value is -3.49. The molecule has 2 aromatic rings. The van der Waals surface area contributed by atoms with Crippen molar-refractivity contribution in [3.63, 3.8) is 0 Å². The van der Waals surface area contributed by atoms with Gasteiger partial charge in [-0.3, -0.25) is 24.0 Å². The highest BCUT2D eigenvalue weighted by atomic mass is 19.1. The minimum atomic E-state index is -1.80. The zero-order valence-electron chi connectivity index (χ0n) is 13.9. The van der Waals surface area contributed by atoms with Gasteiger partial charge in [0.1, 0.15) is 23.3 Å². The molecule has 0 aliphatic rings. The summed E-state index contributed by atoms with van der Waals surface area (Å²) in [5.41, 5.74) is -2.11. The molecule has 5 nitrogen and oxygen atoms in total. The first-order valence-electron chi connectivity index (χ1n) is 7.68. The van der Waals surface area contributed by atoms with Gasteiger partial charge in [-0.15, -0.1) is 0 Å². The molecule has 0 heterocycles. The highest BCUT2D eigenvalue weighted by molar-refractivity contribution is 6.66. The highest BCUT2D eigenvalue weighted by Crippen LogP contribution is 2.16. The van der Waals surface area contributed by atoms with Crippen molar-refractivity contribution in [3.8, 4) is 0 Å². The van der Waals surface area contributed by atoms with Crippen molar-refractivity contribution in [1.29, 1.82) is 0 Å². The summed E-state index contributed by atoms with van der Waals surface area (Å²) in [6.45, 7) is 0. The van der Waals surface area contributed by atoms with Crippen LogP contribution in [0.25, 0.3) is 0 Å². The van der Waals surface area contributed by atoms with Gasteiger partial charge in [0.2, 0.25) is 11.6 Å². The van der Waals surface area contributed by atoms with E-state index in [2.05, 4.69) is 0 Å². The zero-order chi connectivity index (χ0) is 21.0. The summed E-state index contributed by atoms with van der Waals surface area (Å²) in [7, 11) is 0. The highest BCUT2D eigenvalue weighted by Gasteiger charge is 2.30. The standard InChI is InChI=1S/C19H10F4O5/c20-9-3-1-4-10(21)17(9)13(24)7-15(26)19(28)16(27)8-14(25)18-11(22)5-2-6-12(18)23/h1-6H,7-8H2. The van der Waals surface area contributed by atoms with E-state index in [1.807, 2.05) is 0 Å². The van der Waals surface area contributed by atoms with Gasteiger partial charge >= 0.3 is 0 Å². The van der Waals surface area contributed by atoms with E-state index < -0.39 is 76.2 Å². The van der Waals surface area contributed by atoms with Crippen LogP contribution in [0.1, 0.15) is 33.6 Å². The maximum Gasteiger partial charge on any atom is 0.265 e. The number of halogens is 4. The maximum atomic E-state index is 13.5. The van der Waals surface area contributed by atoms with E-state index in [1.165, 1.54) is 0 Å². The number of Topliss-reactive ketones (excluding diaryl/α,β-unsaturated/α-hetero) is 5. The molecular weight excluding hydrogens is 384 g/mol. The van der Waals surface area contributed by atoms with Crippen molar-refractivity contribution >= 4 is 28.9 Å². The molecule has 0 aliphatic heterocycles. The van der Waals surface area contributed by atoms with Crippen molar-refractivity contribution in [3.05, 3.63) is 70.8 Å². The van der Waals surface area contributed by atoms with Gasteiger partial charge in [-0.05, 0) is 24.3 Å². The second-order valence-corrected chi connectivity index (χ2v) is 5.57. The number of hydrogen-bond acceptors (Lipinski definition) is 5. The van der Waals surface area contributed by atoms with Gasteiger partial charge in [0.05, 0.1) is 24.0 Å². The van der Waals surface area contributed by atoms with Crippen LogP contribution in [0.15, 0.2) is 36.4 Å². The Morgan fingerprint density at radius 3 is 1.14 bits per heavy atom. The molecule has 0 saturated carbocycles. The molecule has 0 unspecified atom stereocenters. The predicted octanol–water partition coefficient (Wildman–Crippen LogP) is 2.80. The summed E-state index contributed by atoms with van der Waals surface area (Å²) in [6, 6.07) is 4.99. The van der Waals surface area contributed by atoms with Crippen molar-refractivity contribution in [2.45, 2.75) is 12.8 Å². The van der Waals surface area contributed by atoms with E-state index in [0.29, 0.717) is 0 Å². The van der Waals surface area contributed by atoms with Crippen LogP contribution in [0.2, 0.25) is 0 Å². The van der Waals surface area contributed by atoms with E-state index in [0.717, 1.165) is 36.4 Å². The van der Waals surface area contributed by atoms with Crippen LogP contribution >= 0.6 is 0 Å². The lowest BCUT2D eigenvalue weighted by Crippen LogP contribution is -2.28. The van der Waals surface area contributed by atoms with E-state index in [1.54, 1.807) is 0 Å². The fraction of sp³-hybridized carbons (Fsp3) is 0.105. The molecule has 0 radical (unpaired) electrons. The van der Waals surface area contributed by atoms with Gasteiger partial charge in [0.25, 0.3) is 5.78 Å². The summed E-state index contributed by atoms with van der Waals surface area (Å²) in [5.74, 6) is -12.8. The SMILES string of the molecule is O=C(CC(=O)c1c(F)cccc1F)C(=O)C(=O)CC(=O)c1c(F)cccc1F. The maximum absolute atomic E-state index is 13.5. The van der Waals surface area contributed by atoms with Crippen LogP contribution < -0.4 is 0 Å². The van der Waals surface area contributed by atoms with E-state index >= 15 is 0 Å². The summed E-state index contributed by atoms with van der Waals surface area (Å²) in [4.78, 5) is 58.9. The molecule has 0 aromatic heterocycles. The van der Waals surface area contributed by atoms with Gasteiger partial charge in [-0.1, -0.05) is 12.1 Å². The first kappa shape index (κ1) is 20.8. The Kier molecular flexibility index (Phi) is 6.29. The van der Waals surface area contributed by atoms with Crippen LogP contribution in [0.4, 0.5) is 17.6 Å². The molecular formula is C19H10F4O5. The third-order valence-corrected chi connectivity index (χ3v) is 3.63. The lowest BCUT2D eigenvalue weighted by molar-refractivity contribution is -0.143. The summed E-state index contributed by atoms with van der Waals surface area (Å²) < 4.78 is 54.0. The Morgan fingerprint density at radius 2 is 0.857 bits per heavy atom. The molecule has 0 bridgehead atoms. The summed E-state index contributed by atoms with van der Waals surface area (Å²) in [5, 5.41) is 0. The molecule has 2 rings (SSSR count). The molecule has 0 saturated heterocycles. The van der Waals surface area contributed by atoms with Crippen molar-refractivity contribution < 1.29 is 41.5 Å². The lowest BCUT2D eigenvalue weighted by Gasteiger charge is -2.04. The molecule has 0 aliphatic carbocycles. The van der Waals surface area contributed by atoms with Gasteiger partial charge in [0, 0.05) is 0 Å². The zero-order valence-corrected chi connectivity index (χ0v) is 13.9. The third kappa shape index (κ3) is 4.43. The van der Waals surface area contributed by atoms with Crippen LogP contribution in [0, 0.1) is 23.3 Å². The van der Waals surface area contributed by atoms with Crippen LogP contribution in [-0.2, 0) is 14.4 Å². The minimum absolute atomic E-state index is 0.759. The fourth-order valence-electron chi connectivity index (χ4n) is 2.31. The molecule has 0 fully saturated rings. The van der Waals surface area contributed by atoms with E-state index in [-0.39, 0.29) is 0 Å². The minimum Gasteiger partial charge on any atom is -0.293 e. The Bertz CT molecular complexity index is 893. The molecule has 0 spiro atoms. The van der Waals surface area contributed by atoms with Gasteiger partial charge in [-0.25, -0.2) is 17.6 Å². The van der Waals surface area contributed by atoms with Crippen molar-refractivity contribution in [2.75, 3.05) is 0 Å². The molecule has 144 valence electrons. The fourth-order valence-corrected chi connectivity index (χ4v) is 2.31. The van der Waals surface area contributed by atoms with Crippen molar-refractivity contribution in [2.24, 2.45) is 0 Å². The second-order valence-electron chi connectivity index (χ2n) is 5.57. The van der Waals surface area contributed by atoms with E-state index in [9.17, 15) is 41.5 Å². The monoisotopic (exact) mass is 394 g/mol. The Labute approximate surface area is 155 Å². The number of rotatable bonds is 8. The van der Waals surface area contributed by atoms with Crippen LogP contribution in [-0.4, -0.2) is 28.9 Å². The molecule has 0 atom stereocenters. The normalized spacial score (nSPS) is 10.4. The third-order valence-electron chi connectivity index (χ3n) is 3.63. The molecule has 0 N–H and O–H groups in total. The number of benzene rings is 2. The molecule has 9 heteroatoms. The Morgan fingerprint density at radius 1 is 0.571 bits per heavy atom. The molecule has 28 heavy (non-hydrogen) atoms.